The first-order chi connectivity index (χ1) is 12.6. The Kier molecular flexibility index (Phi) is 6.57. The number of ether oxygens (including phenoxy) is 2. The highest BCUT2D eigenvalue weighted by molar-refractivity contribution is 6.08. The van der Waals surface area contributed by atoms with Crippen molar-refractivity contribution in [2.45, 2.75) is 13.0 Å². The number of nitriles is 1. The van der Waals surface area contributed by atoms with E-state index in [1.165, 1.54) is 14.2 Å². The zero-order chi connectivity index (χ0) is 18.9. The van der Waals surface area contributed by atoms with Gasteiger partial charge < -0.3 is 20.1 Å². The summed E-state index contributed by atoms with van der Waals surface area (Å²) in [5, 5.41) is 13.9. The van der Waals surface area contributed by atoms with Crippen LogP contribution in [0.25, 0.3) is 0 Å². The van der Waals surface area contributed by atoms with Gasteiger partial charge >= 0.3 is 0 Å². The van der Waals surface area contributed by atoms with Crippen molar-refractivity contribution in [2.75, 3.05) is 19.5 Å². The van der Waals surface area contributed by atoms with Gasteiger partial charge in [-0.2, -0.15) is 5.26 Å². The molecule has 0 aliphatic carbocycles. The molecule has 2 N–H and O–H groups in total. The fourth-order valence-corrected chi connectivity index (χ4v) is 2.36. The Morgan fingerprint density at radius 3 is 2.35 bits per heavy atom. The number of anilines is 1. The van der Waals surface area contributed by atoms with Crippen LogP contribution in [0.3, 0.4) is 0 Å². The van der Waals surface area contributed by atoms with Crippen LogP contribution in [-0.4, -0.2) is 26.0 Å². The molecule has 0 radical (unpaired) electrons. The Labute approximate surface area is 151 Å². The van der Waals surface area contributed by atoms with Crippen LogP contribution < -0.4 is 20.1 Å². The lowest BCUT2D eigenvalue weighted by atomic mass is 10.1. The maximum Gasteiger partial charge on any atom is 0.263 e. The van der Waals surface area contributed by atoms with Crippen LogP contribution in [0.4, 0.5) is 5.69 Å². The van der Waals surface area contributed by atoms with Gasteiger partial charge in [0.2, 0.25) is 5.91 Å². The average molecular weight is 353 g/mol. The van der Waals surface area contributed by atoms with E-state index in [0.29, 0.717) is 22.7 Å². The molecule has 26 heavy (non-hydrogen) atoms. The van der Waals surface area contributed by atoms with Crippen molar-refractivity contribution in [1.29, 1.82) is 5.26 Å². The van der Waals surface area contributed by atoms with E-state index in [4.69, 9.17) is 14.7 Å². The lowest BCUT2D eigenvalue weighted by Crippen LogP contribution is -2.22. The highest BCUT2D eigenvalue weighted by atomic mass is 16.5. The van der Waals surface area contributed by atoms with Crippen molar-refractivity contribution in [1.82, 2.24) is 5.32 Å². The topological polar surface area (TPSA) is 100 Å². The SMILES string of the molecule is COc1cccc(OC)c1C(=O)Nc1cccc(CNC(=O)CC#N)c1. The number of benzene rings is 2. The standard InChI is InChI=1S/C19H19N3O4/c1-25-15-7-4-8-16(26-2)18(15)19(24)22-14-6-3-5-13(11-14)12-21-17(23)9-10-20/h3-8,11H,9,12H2,1-2H3,(H,21,23)(H,22,24). The predicted octanol–water partition coefficient (Wildman–Crippen LogP) is 2.49. The number of nitrogens with one attached hydrogen (secondary N) is 2. The minimum absolute atomic E-state index is 0.190. The summed E-state index contributed by atoms with van der Waals surface area (Å²) in [5.41, 5.74) is 1.65. The van der Waals surface area contributed by atoms with Crippen LogP contribution in [-0.2, 0) is 11.3 Å². The Balaban J connectivity index is 2.14. The molecule has 2 aromatic carbocycles. The Morgan fingerprint density at radius 2 is 1.73 bits per heavy atom. The third-order valence-electron chi connectivity index (χ3n) is 3.57. The van der Waals surface area contributed by atoms with E-state index in [1.807, 2.05) is 6.07 Å². The molecular weight excluding hydrogens is 334 g/mol. The number of hydrogen-bond donors (Lipinski definition) is 2. The Morgan fingerprint density at radius 1 is 1.08 bits per heavy atom. The van der Waals surface area contributed by atoms with Crippen LogP contribution in [0, 0.1) is 11.3 Å². The van der Waals surface area contributed by atoms with E-state index >= 15 is 0 Å². The summed E-state index contributed by atoms with van der Waals surface area (Å²) in [4.78, 5) is 24.0. The number of carbonyl (C=O) groups excluding carboxylic acids is 2. The molecule has 0 atom stereocenters. The molecule has 2 amide bonds. The number of hydrogen-bond acceptors (Lipinski definition) is 5. The molecule has 134 valence electrons. The predicted molar refractivity (Wildman–Crippen MR) is 96.0 cm³/mol. The molecule has 0 heterocycles. The zero-order valence-corrected chi connectivity index (χ0v) is 14.5. The van der Waals surface area contributed by atoms with E-state index in [9.17, 15) is 9.59 Å². The Hall–Kier alpha value is -3.53. The number of rotatable bonds is 7. The van der Waals surface area contributed by atoms with E-state index in [0.717, 1.165) is 5.56 Å². The first kappa shape index (κ1) is 18.8. The molecule has 0 saturated carbocycles. The van der Waals surface area contributed by atoms with Crippen LogP contribution >= 0.6 is 0 Å². The quantitative estimate of drug-likeness (QED) is 0.796. The van der Waals surface area contributed by atoms with E-state index in [-0.39, 0.29) is 24.8 Å². The minimum Gasteiger partial charge on any atom is -0.496 e. The third-order valence-corrected chi connectivity index (χ3v) is 3.57. The van der Waals surface area contributed by atoms with Gasteiger partial charge in [0.05, 0.1) is 20.3 Å². The molecule has 0 aliphatic heterocycles. The van der Waals surface area contributed by atoms with Crippen molar-refractivity contribution >= 4 is 17.5 Å². The molecule has 0 fully saturated rings. The summed E-state index contributed by atoms with van der Waals surface area (Å²) < 4.78 is 10.5. The Bertz CT molecular complexity index is 821. The van der Waals surface area contributed by atoms with Crippen LogP contribution in [0.15, 0.2) is 42.5 Å². The molecule has 0 unspecified atom stereocenters. The normalized spacial score (nSPS) is 9.73. The average Bonchev–Trinajstić information content (AvgIpc) is 2.66. The largest absolute Gasteiger partial charge is 0.496 e. The highest BCUT2D eigenvalue weighted by Crippen LogP contribution is 2.29. The molecule has 0 aliphatic rings. The summed E-state index contributed by atoms with van der Waals surface area (Å²) in [6.07, 6.45) is -0.190. The third kappa shape index (κ3) is 4.74. The molecule has 7 nitrogen and oxygen atoms in total. The summed E-state index contributed by atoms with van der Waals surface area (Å²) >= 11 is 0. The fraction of sp³-hybridized carbons (Fsp3) is 0.211. The van der Waals surface area contributed by atoms with E-state index < -0.39 is 0 Å². The second-order valence-corrected chi connectivity index (χ2v) is 5.30. The molecule has 0 saturated heterocycles. The number of amides is 2. The van der Waals surface area contributed by atoms with Crippen molar-refractivity contribution in [3.63, 3.8) is 0 Å². The van der Waals surface area contributed by atoms with Crippen LogP contribution in [0.5, 0.6) is 11.5 Å². The monoisotopic (exact) mass is 353 g/mol. The van der Waals surface area contributed by atoms with Gasteiger partial charge in [0.15, 0.2) is 0 Å². The number of carbonyl (C=O) groups is 2. The summed E-state index contributed by atoms with van der Waals surface area (Å²) in [5.74, 6) is 0.0919. The van der Waals surface area contributed by atoms with Crippen molar-refractivity contribution < 1.29 is 19.1 Å². The first-order valence-electron chi connectivity index (χ1n) is 7.84. The summed E-state index contributed by atoms with van der Waals surface area (Å²) in [6, 6.07) is 13.9. The van der Waals surface area contributed by atoms with Gasteiger partial charge in [-0.25, -0.2) is 0 Å². The molecule has 2 rings (SSSR count). The lowest BCUT2D eigenvalue weighted by molar-refractivity contribution is -0.120. The number of nitrogens with zero attached hydrogens (tertiary/aromatic N) is 1. The van der Waals surface area contributed by atoms with Gasteiger partial charge in [0.1, 0.15) is 23.5 Å². The second-order valence-electron chi connectivity index (χ2n) is 5.30. The van der Waals surface area contributed by atoms with Gasteiger partial charge in [-0.1, -0.05) is 18.2 Å². The van der Waals surface area contributed by atoms with E-state index in [2.05, 4.69) is 10.6 Å². The van der Waals surface area contributed by atoms with Crippen molar-refractivity contribution in [2.24, 2.45) is 0 Å². The van der Waals surface area contributed by atoms with Gasteiger partial charge in [-0.3, -0.25) is 9.59 Å². The molecule has 2 aromatic rings. The minimum atomic E-state index is -0.370. The summed E-state index contributed by atoms with van der Waals surface area (Å²) in [7, 11) is 2.96. The molecule has 0 bridgehead atoms. The molecule has 0 aromatic heterocycles. The zero-order valence-electron chi connectivity index (χ0n) is 14.5. The highest BCUT2D eigenvalue weighted by Gasteiger charge is 2.18. The van der Waals surface area contributed by atoms with Gasteiger partial charge in [-0.15, -0.1) is 0 Å². The molecule has 0 spiro atoms. The molecular formula is C19H19N3O4. The van der Waals surface area contributed by atoms with Crippen LogP contribution in [0.2, 0.25) is 0 Å². The lowest BCUT2D eigenvalue weighted by Gasteiger charge is -2.13. The maximum atomic E-state index is 12.7. The van der Waals surface area contributed by atoms with E-state index in [1.54, 1.807) is 42.5 Å². The van der Waals surface area contributed by atoms with Gasteiger partial charge in [0, 0.05) is 12.2 Å². The maximum absolute atomic E-state index is 12.7. The first-order valence-corrected chi connectivity index (χ1v) is 7.84. The van der Waals surface area contributed by atoms with Crippen LogP contribution in [0.1, 0.15) is 22.3 Å². The fourth-order valence-electron chi connectivity index (χ4n) is 2.36. The van der Waals surface area contributed by atoms with Gasteiger partial charge in [0.25, 0.3) is 5.91 Å². The number of methoxy groups -OCH3 is 2. The molecule has 7 heteroatoms. The van der Waals surface area contributed by atoms with Crippen molar-refractivity contribution in [3.05, 3.63) is 53.6 Å². The van der Waals surface area contributed by atoms with Gasteiger partial charge in [-0.05, 0) is 29.8 Å². The second kappa shape index (κ2) is 9.08. The smallest absolute Gasteiger partial charge is 0.263 e. The van der Waals surface area contributed by atoms with Crippen molar-refractivity contribution in [3.8, 4) is 17.6 Å². The summed E-state index contributed by atoms with van der Waals surface area (Å²) in [6.45, 7) is 0.266.